The van der Waals surface area contributed by atoms with Crippen molar-refractivity contribution >= 4 is 44.3 Å². The standard InChI is InChI=1S/C11H13N5O6S2.C6H15N/c1-3-6-8(10(18)16(6)24(19,20)21)14-9(17)7(15-22-2)5-4-23-11(12)13-5;1-4-7(5-2)6-3/h3-4,6,8H,1H2,2H3,(H2,12,13)(H,14,17)(H,19,20,21);4-6H2,1-3H3/t6-,8-;/m0./s1. The zero-order valence-electron chi connectivity index (χ0n) is 17.8. The molecule has 4 N–H and O–H groups in total. The first-order valence-corrected chi connectivity index (χ1v) is 11.6. The molecule has 1 fully saturated rings. The van der Waals surface area contributed by atoms with Crippen molar-refractivity contribution in [2.75, 3.05) is 32.5 Å². The van der Waals surface area contributed by atoms with Crippen molar-refractivity contribution < 1.29 is 27.4 Å². The molecule has 31 heavy (non-hydrogen) atoms. The lowest BCUT2D eigenvalue weighted by Gasteiger charge is -2.42. The molecule has 1 aliphatic rings. The van der Waals surface area contributed by atoms with E-state index >= 15 is 0 Å². The van der Waals surface area contributed by atoms with Crippen molar-refractivity contribution in [2.45, 2.75) is 32.9 Å². The van der Waals surface area contributed by atoms with Gasteiger partial charge in [0, 0.05) is 5.38 Å². The summed E-state index contributed by atoms with van der Waals surface area (Å²) in [5.41, 5.74) is 5.38. The van der Waals surface area contributed by atoms with Crippen LogP contribution in [0.4, 0.5) is 5.13 Å². The van der Waals surface area contributed by atoms with Crippen molar-refractivity contribution in [3.8, 4) is 0 Å². The van der Waals surface area contributed by atoms with Gasteiger partial charge in [0.2, 0.25) is 0 Å². The summed E-state index contributed by atoms with van der Waals surface area (Å²) in [5.74, 6) is -1.84. The summed E-state index contributed by atoms with van der Waals surface area (Å²) >= 11 is 1.07. The number of aromatic nitrogens is 1. The van der Waals surface area contributed by atoms with Gasteiger partial charge >= 0.3 is 10.3 Å². The number of anilines is 1. The van der Waals surface area contributed by atoms with Crippen molar-refractivity contribution in [3.05, 3.63) is 23.7 Å². The fourth-order valence-corrected chi connectivity index (χ4v) is 4.11. The second-order valence-corrected chi connectivity index (χ2v) is 8.28. The van der Waals surface area contributed by atoms with Gasteiger partial charge in [0.25, 0.3) is 11.8 Å². The third kappa shape index (κ3) is 6.72. The molecule has 0 bridgehead atoms. The normalized spacial score (nSPS) is 18.7. The van der Waals surface area contributed by atoms with Crippen LogP contribution in [0.5, 0.6) is 0 Å². The molecule has 1 saturated heterocycles. The van der Waals surface area contributed by atoms with Crippen molar-refractivity contribution in [1.82, 2.24) is 19.5 Å². The fourth-order valence-electron chi connectivity index (χ4n) is 2.70. The van der Waals surface area contributed by atoms with E-state index in [1.807, 2.05) is 0 Å². The first-order chi connectivity index (χ1) is 14.5. The Bertz CT molecular complexity index is 906. The molecule has 174 valence electrons. The number of nitrogens with two attached hydrogens (primary N) is 1. The number of hydrogen-bond donors (Lipinski definition) is 3. The highest BCUT2D eigenvalue weighted by Gasteiger charge is 2.52. The van der Waals surface area contributed by atoms with Crippen LogP contribution in [0.25, 0.3) is 0 Å². The molecular formula is C17H28N6O6S2. The number of nitrogen functional groups attached to an aromatic ring is 1. The maximum Gasteiger partial charge on any atom is 0.362 e. The summed E-state index contributed by atoms with van der Waals surface area (Å²) < 4.78 is 31.4. The Balaban J connectivity index is 0.000000592. The molecule has 0 unspecified atom stereocenters. The van der Waals surface area contributed by atoms with E-state index in [1.54, 1.807) is 0 Å². The number of β-lactam (4-membered cyclic amide) rings is 1. The second kappa shape index (κ2) is 11.7. The summed E-state index contributed by atoms with van der Waals surface area (Å²) in [5, 5.41) is 7.50. The highest BCUT2D eigenvalue weighted by Crippen LogP contribution is 2.24. The number of carbonyl (C=O) groups excluding carboxylic acids is 2. The maximum atomic E-state index is 12.3. The van der Waals surface area contributed by atoms with Crippen LogP contribution in [-0.4, -0.2) is 83.5 Å². The van der Waals surface area contributed by atoms with Gasteiger partial charge < -0.3 is 20.8 Å². The lowest BCUT2D eigenvalue weighted by Crippen LogP contribution is -2.71. The van der Waals surface area contributed by atoms with Crippen LogP contribution in [0.1, 0.15) is 26.5 Å². The summed E-state index contributed by atoms with van der Waals surface area (Å²) in [6, 6.07) is -2.35. The van der Waals surface area contributed by atoms with Crippen LogP contribution in [0.15, 0.2) is 23.2 Å². The summed E-state index contributed by atoms with van der Waals surface area (Å²) in [7, 11) is -3.53. The zero-order chi connectivity index (χ0) is 23.8. The van der Waals surface area contributed by atoms with Crippen LogP contribution in [-0.2, 0) is 24.7 Å². The molecule has 2 amide bonds. The minimum Gasteiger partial charge on any atom is -0.398 e. The monoisotopic (exact) mass is 476 g/mol. The van der Waals surface area contributed by atoms with E-state index in [4.69, 9.17) is 10.3 Å². The molecule has 0 radical (unpaired) electrons. The third-order valence-electron chi connectivity index (χ3n) is 4.38. The van der Waals surface area contributed by atoms with Gasteiger partial charge in [-0.3, -0.25) is 14.1 Å². The summed E-state index contributed by atoms with van der Waals surface area (Å²) in [4.78, 5) is 35.0. The SMILES string of the molecule is C=C[C@H]1[C@H](NC(=O)C(=NOC)c2csc(N)n2)C(=O)N1S(=O)(=O)O.CCN(CC)CC. The van der Waals surface area contributed by atoms with Crippen LogP contribution < -0.4 is 11.1 Å². The molecule has 0 spiro atoms. The van der Waals surface area contributed by atoms with Crippen LogP contribution in [0.3, 0.4) is 0 Å². The molecule has 1 aromatic rings. The number of nitrogens with zero attached hydrogens (tertiary/aromatic N) is 4. The van der Waals surface area contributed by atoms with Crippen LogP contribution >= 0.6 is 11.3 Å². The summed E-state index contributed by atoms with van der Waals surface area (Å²) in [6.07, 6.45) is 1.11. The summed E-state index contributed by atoms with van der Waals surface area (Å²) in [6.45, 7) is 13.5. The van der Waals surface area contributed by atoms with Crippen molar-refractivity contribution in [1.29, 1.82) is 0 Å². The highest BCUT2D eigenvalue weighted by atomic mass is 32.2. The van der Waals surface area contributed by atoms with Gasteiger partial charge in [-0.2, -0.15) is 8.42 Å². The number of nitrogens with one attached hydrogen (secondary N) is 1. The predicted molar refractivity (Wildman–Crippen MR) is 118 cm³/mol. The average Bonchev–Trinajstić information content (AvgIpc) is 3.14. The lowest BCUT2D eigenvalue weighted by atomic mass is 9.98. The molecule has 1 aromatic heterocycles. The number of rotatable bonds is 9. The number of oxime groups is 1. The number of thiazole rings is 1. The third-order valence-corrected chi connectivity index (χ3v) is 5.97. The lowest BCUT2D eigenvalue weighted by molar-refractivity contribution is -0.142. The van der Waals surface area contributed by atoms with E-state index in [9.17, 15) is 18.0 Å². The Kier molecular flexibility index (Phi) is 10.0. The Morgan fingerprint density at radius 3 is 2.39 bits per heavy atom. The molecule has 2 rings (SSSR count). The van der Waals surface area contributed by atoms with Crippen molar-refractivity contribution in [2.24, 2.45) is 5.16 Å². The maximum absolute atomic E-state index is 12.3. The van der Waals surface area contributed by atoms with Crippen LogP contribution in [0.2, 0.25) is 0 Å². The Morgan fingerprint density at radius 1 is 1.45 bits per heavy atom. The van der Waals surface area contributed by atoms with Gasteiger partial charge in [0.1, 0.15) is 18.8 Å². The molecule has 0 saturated carbocycles. The molecule has 0 aromatic carbocycles. The van der Waals surface area contributed by atoms with E-state index in [2.05, 4.69) is 52.5 Å². The largest absolute Gasteiger partial charge is 0.398 e. The number of amides is 2. The zero-order valence-corrected chi connectivity index (χ0v) is 19.4. The van der Waals surface area contributed by atoms with Gasteiger partial charge in [-0.25, -0.2) is 9.29 Å². The Labute approximate surface area is 185 Å². The van der Waals surface area contributed by atoms with E-state index in [0.29, 0.717) is 0 Å². The minimum atomic E-state index is -4.75. The average molecular weight is 477 g/mol. The van der Waals surface area contributed by atoms with E-state index in [-0.39, 0.29) is 20.8 Å². The molecule has 0 aliphatic carbocycles. The Hall–Kier alpha value is -2.55. The quantitative estimate of drug-likeness (QED) is 0.147. The first-order valence-electron chi connectivity index (χ1n) is 9.34. The topological polar surface area (TPSA) is 168 Å². The van der Waals surface area contributed by atoms with Gasteiger partial charge in [0.05, 0.1) is 6.04 Å². The number of carbonyl (C=O) groups is 2. The van der Waals surface area contributed by atoms with Gasteiger partial charge in [0.15, 0.2) is 10.8 Å². The molecule has 1 aliphatic heterocycles. The van der Waals surface area contributed by atoms with Crippen LogP contribution in [0, 0.1) is 0 Å². The Morgan fingerprint density at radius 2 is 2.03 bits per heavy atom. The fraction of sp³-hybridized carbons (Fsp3) is 0.529. The molecule has 2 atom stereocenters. The molecule has 12 nitrogen and oxygen atoms in total. The predicted octanol–water partition coefficient (Wildman–Crippen LogP) is 0.108. The highest BCUT2D eigenvalue weighted by molar-refractivity contribution is 7.84. The van der Waals surface area contributed by atoms with E-state index in [0.717, 1.165) is 17.4 Å². The minimum absolute atomic E-state index is 0.130. The first kappa shape index (κ1) is 26.5. The van der Waals surface area contributed by atoms with Gasteiger partial charge in [-0.05, 0) is 19.6 Å². The number of hydrogen-bond acceptors (Lipinski definition) is 10. The molecular weight excluding hydrogens is 448 g/mol. The van der Waals surface area contributed by atoms with Gasteiger partial charge in [-0.1, -0.05) is 32.0 Å². The van der Waals surface area contributed by atoms with E-state index < -0.39 is 34.2 Å². The van der Waals surface area contributed by atoms with Gasteiger partial charge in [-0.15, -0.1) is 17.9 Å². The second-order valence-electron chi connectivity index (χ2n) is 6.10. The van der Waals surface area contributed by atoms with Crippen molar-refractivity contribution in [3.63, 3.8) is 0 Å². The van der Waals surface area contributed by atoms with E-state index in [1.165, 1.54) is 32.1 Å². The molecule has 14 heteroatoms. The molecule has 2 heterocycles. The smallest absolute Gasteiger partial charge is 0.362 e.